The largest absolute Gasteiger partial charge is 0.481 e. The van der Waals surface area contributed by atoms with E-state index in [1.807, 2.05) is 0 Å². The Bertz CT molecular complexity index is 261. The van der Waals surface area contributed by atoms with Crippen LogP contribution in [0, 0.1) is 5.92 Å². The topological polar surface area (TPSA) is 121 Å². The Labute approximate surface area is 91.6 Å². The number of carbonyl (C=O) groups excluding carboxylic acids is 1. The van der Waals surface area contributed by atoms with Crippen molar-refractivity contribution < 1.29 is 34.4 Å². The number of hydrogen-bond donors (Lipinski definition) is 3. The lowest BCUT2D eigenvalue weighted by Crippen LogP contribution is -2.28. The van der Waals surface area contributed by atoms with Crippen LogP contribution in [-0.4, -0.2) is 46.4 Å². The highest BCUT2D eigenvalue weighted by Gasteiger charge is 2.30. The summed E-state index contributed by atoms with van der Waals surface area (Å²) in [5.41, 5.74) is 0. The lowest BCUT2D eigenvalue weighted by atomic mass is 10.1. The Morgan fingerprint density at radius 3 is 2.19 bits per heavy atom. The lowest BCUT2D eigenvalue weighted by Gasteiger charge is -2.09. The molecule has 16 heavy (non-hydrogen) atoms. The molecule has 0 aromatic heterocycles. The molecule has 0 amide bonds. The van der Waals surface area contributed by atoms with E-state index in [1.165, 1.54) is 0 Å². The molecule has 0 heterocycles. The fourth-order valence-corrected chi connectivity index (χ4v) is 0.933. The van der Waals surface area contributed by atoms with Gasteiger partial charge in [0.05, 0.1) is 13.0 Å². The number of esters is 1. The fraction of sp³-hybridized carbons (Fsp3) is 0.667. The Balaban J connectivity index is 4.07. The number of carbonyl (C=O) groups is 3. The van der Waals surface area contributed by atoms with Crippen LogP contribution < -0.4 is 0 Å². The van der Waals surface area contributed by atoms with Crippen LogP contribution in [0.3, 0.4) is 0 Å². The van der Waals surface area contributed by atoms with Crippen LogP contribution in [0.1, 0.15) is 19.3 Å². The molecule has 1 atom stereocenters. The molecule has 0 aliphatic carbocycles. The van der Waals surface area contributed by atoms with Gasteiger partial charge in [0.2, 0.25) is 0 Å². The van der Waals surface area contributed by atoms with Gasteiger partial charge in [0, 0.05) is 6.61 Å². The summed E-state index contributed by atoms with van der Waals surface area (Å²) in [6.07, 6.45) is 0.0414. The molecule has 0 saturated carbocycles. The molecule has 3 N–H and O–H groups in total. The molecule has 0 saturated heterocycles. The van der Waals surface area contributed by atoms with Crippen LogP contribution in [0.25, 0.3) is 0 Å². The average molecular weight is 234 g/mol. The second kappa shape index (κ2) is 7.63. The van der Waals surface area contributed by atoms with E-state index in [2.05, 4.69) is 4.74 Å². The quantitative estimate of drug-likeness (QED) is 0.293. The van der Waals surface area contributed by atoms with Crippen molar-refractivity contribution in [2.75, 3.05) is 13.2 Å². The first-order chi connectivity index (χ1) is 7.49. The van der Waals surface area contributed by atoms with Gasteiger partial charge in [-0.2, -0.15) is 0 Å². The van der Waals surface area contributed by atoms with E-state index in [0.717, 1.165) is 0 Å². The zero-order valence-corrected chi connectivity index (χ0v) is 8.59. The maximum atomic E-state index is 11.2. The van der Waals surface area contributed by atoms with E-state index >= 15 is 0 Å². The highest BCUT2D eigenvalue weighted by molar-refractivity contribution is 5.96. The summed E-state index contributed by atoms with van der Waals surface area (Å²) < 4.78 is 4.57. The van der Waals surface area contributed by atoms with E-state index in [4.69, 9.17) is 15.3 Å². The van der Waals surface area contributed by atoms with Crippen LogP contribution in [0.4, 0.5) is 0 Å². The summed E-state index contributed by atoms with van der Waals surface area (Å²) >= 11 is 0. The van der Waals surface area contributed by atoms with Crippen molar-refractivity contribution in [2.24, 2.45) is 5.92 Å². The predicted octanol–water partition coefficient (Wildman–Crippen LogP) is -0.522. The normalized spacial score (nSPS) is 11.8. The molecule has 0 bridgehead atoms. The first kappa shape index (κ1) is 14.4. The number of unbranched alkanes of at least 4 members (excludes halogenated alkanes) is 1. The monoisotopic (exact) mass is 234 g/mol. The minimum Gasteiger partial charge on any atom is -0.481 e. The fourth-order valence-electron chi connectivity index (χ4n) is 0.933. The van der Waals surface area contributed by atoms with E-state index < -0.39 is 30.2 Å². The Hall–Kier alpha value is -1.63. The molecule has 0 aromatic rings. The van der Waals surface area contributed by atoms with Crippen molar-refractivity contribution in [1.29, 1.82) is 0 Å². The summed E-state index contributed by atoms with van der Waals surface area (Å²) in [6, 6.07) is 0. The Kier molecular flexibility index (Phi) is 6.86. The predicted molar refractivity (Wildman–Crippen MR) is 50.7 cm³/mol. The molecule has 0 rings (SSSR count). The van der Waals surface area contributed by atoms with Crippen molar-refractivity contribution in [3.05, 3.63) is 0 Å². The minimum absolute atomic E-state index is 0.0250. The summed E-state index contributed by atoms with van der Waals surface area (Å²) in [6.45, 7) is -0.0716. The first-order valence-electron chi connectivity index (χ1n) is 4.71. The molecule has 0 spiro atoms. The smallest absolute Gasteiger partial charge is 0.320 e. The maximum Gasteiger partial charge on any atom is 0.320 e. The average Bonchev–Trinajstić information content (AvgIpc) is 2.20. The lowest BCUT2D eigenvalue weighted by molar-refractivity contribution is -0.162. The third kappa shape index (κ3) is 5.97. The third-order valence-corrected chi connectivity index (χ3v) is 1.76. The van der Waals surface area contributed by atoms with Gasteiger partial charge in [-0.15, -0.1) is 0 Å². The van der Waals surface area contributed by atoms with Crippen LogP contribution in [-0.2, 0) is 19.1 Å². The number of aliphatic hydroxyl groups is 1. The highest BCUT2D eigenvalue weighted by Crippen LogP contribution is 2.07. The minimum atomic E-state index is -1.67. The molecule has 0 aliphatic rings. The molecule has 7 nitrogen and oxygen atoms in total. The van der Waals surface area contributed by atoms with Crippen LogP contribution in [0.5, 0.6) is 0 Å². The van der Waals surface area contributed by atoms with E-state index in [1.54, 1.807) is 0 Å². The van der Waals surface area contributed by atoms with E-state index in [9.17, 15) is 14.4 Å². The van der Waals surface area contributed by atoms with Gasteiger partial charge in [-0.25, -0.2) is 0 Å². The van der Waals surface area contributed by atoms with Gasteiger partial charge in [0.1, 0.15) is 0 Å². The second-order valence-corrected chi connectivity index (χ2v) is 3.09. The van der Waals surface area contributed by atoms with Gasteiger partial charge in [0.25, 0.3) is 0 Å². The van der Waals surface area contributed by atoms with E-state index in [0.29, 0.717) is 12.8 Å². The second-order valence-electron chi connectivity index (χ2n) is 3.09. The van der Waals surface area contributed by atoms with Gasteiger partial charge in [-0.05, 0) is 12.8 Å². The van der Waals surface area contributed by atoms with Crippen LogP contribution in [0.2, 0.25) is 0 Å². The third-order valence-electron chi connectivity index (χ3n) is 1.76. The maximum absolute atomic E-state index is 11.2. The van der Waals surface area contributed by atoms with Gasteiger partial charge < -0.3 is 20.1 Å². The number of hydrogen-bond acceptors (Lipinski definition) is 5. The molecule has 1 unspecified atom stereocenters. The molecule has 7 heteroatoms. The van der Waals surface area contributed by atoms with E-state index in [-0.39, 0.29) is 13.2 Å². The van der Waals surface area contributed by atoms with Gasteiger partial charge in [0.15, 0.2) is 5.92 Å². The number of aliphatic hydroxyl groups excluding tert-OH is 1. The van der Waals surface area contributed by atoms with Crippen LogP contribution >= 0.6 is 0 Å². The number of carboxylic acids is 2. The molecule has 92 valence electrons. The molecule has 0 fully saturated rings. The molecule has 0 aromatic carbocycles. The zero-order valence-electron chi connectivity index (χ0n) is 8.59. The highest BCUT2D eigenvalue weighted by atomic mass is 16.5. The summed E-state index contributed by atoms with van der Waals surface area (Å²) in [7, 11) is 0. The standard InChI is InChI=1S/C9H14O7/c10-3-1-2-4-16-9(15)6(8(13)14)5-7(11)12/h6,10H,1-5H2,(H,11,12)(H,13,14). The number of ether oxygens (including phenoxy) is 1. The molecule has 0 aliphatic heterocycles. The molecular formula is C9H14O7. The molecule has 0 radical (unpaired) electrons. The summed E-state index contributed by atoms with van der Waals surface area (Å²) in [5.74, 6) is -5.63. The zero-order chi connectivity index (χ0) is 12.6. The van der Waals surface area contributed by atoms with Crippen molar-refractivity contribution >= 4 is 17.9 Å². The summed E-state index contributed by atoms with van der Waals surface area (Å²) in [4.78, 5) is 32.0. The SMILES string of the molecule is O=C(O)CC(C(=O)O)C(=O)OCCCCO. The van der Waals surface area contributed by atoms with Gasteiger partial charge in [-0.3, -0.25) is 14.4 Å². The van der Waals surface area contributed by atoms with Crippen molar-refractivity contribution in [3.8, 4) is 0 Å². The number of aliphatic carboxylic acids is 2. The van der Waals surface area contributed by atoms with Crippen LogP contribution in [0.15, 0.2) is 0 Å². The molecular weight excluding hydrogens is 220 g/mol. The summed E-state index contributed by atoms with van der Waals surface area (Å²) in [5, 5.41) is 25.4. The van der Waals surface area contributed by atoms with Gasteiger partial charge in [-0.1, -0.05) is 0 Å². The van der Waals surface area contributed by atoms with Crippen molar-refractivity contribution in [1.82, 2.24) is 0 Å². The van der Waals surface area contributed by atoms with Gasteiger partial charge >= 0.3 is 17.9 Å². The Morgan fingerprint density at radius 1 is 1.12 bits per heavy atom. The number of carboxylic acid groups (broad SMARTS) is 2. The Morgan fingerprint density at radius 2 is 1.75 bits per heavy atom. The number of rotatable bonds is 8. The van der Waals surface area contributed by atoms with Crippen molar-refractivity contribution in [3.63, 3.8) is 0 Å². The van der Waals surface area contributed by atoms with Crippen molar-refractivity contribution in [2.45, 2.75) is 19.3 Å². The first-order valence-corrected chi connectivity index (χ1v) is 4.71.